The minimum atomic E-state index is 0.463. The van der Waals surface area contributed by atoms with E-state index in [1.54, 1.807) is 7.11 Å². The molecule has 27 heavy (non-hydrogen) atoms. The van der Waals surface area contributed by atoms with Crippen molar-refractivity contribution in [1.29, 1.82) is 0 Å². The molecule has 0 aliphatic carbocycles. The number of rotatable bonds is 14. The fraction of sp³-hybridized carbons (Fsp3) is 0.680. The zero-order valence-electron chi connectivity index (χ0n) is 18.6. The third-order valence-electron chi connectivity index (χ3n) is 5.08. The van der Waals surface area contributed by atoms with Crippen molar-refractivity contribution in [3.63, 3.8) is 0 Å². The highest BCUT2D eigenvalue weighted by Crippen LogP contribution is 2.32. The van der Waals surface area contributed by atoms with Crippen molar-refractivity contribution in [2.24, 2.45) is 11.8 Å². The lowest BCUT2D eigenvalue weighted by atomic mass is 9.89. The molecule has 0 saturated heterocycles. The first-order valence-corrected chi connectivity index (χ1v) is 11.0. The first kappa shape index (κ1) is 23.6. The molecule has 0 radical (unpaired) electrons. The summed E-state index contributed by atoms with van der Waals surface area (Å²) in [6, 6.07) is 8.26. The average molecular weight is 375 g/mol. The Hall–Kier alpha value is -1.44. The van der Waals surface area contributed by atoms with Crippen LogP contribution < -0.4 is 4.74 Å². The summed E-state index contributed by atoms with van der Waals surface area (Å²) < 4.78 is 11.8. The predicted molar refractivity (Wildman–Crippen MR) is 118 cm³/mol. The van der Waals surface area contributed by atoms with Crippen molar-refractivity contribution in [3.8, 4) is 5.75 Å². The van der Waals surface area contributed by atoms with E-state index < -0.39 is 0 Å². The Balaban J connectivity index is 2.70. The van der Waals surface area contributed by atoms with Crippen LogP contribution >= 0.6 is 0 Å². The monoisotopic (exact) mass is 374 g/mol. The van der Waals surface area contributed by atoms with Gasteiger partial charge in [-0.1, -0.05) is 91.7 Å². The zero-order chi connectivity index (χ0) is 20.1. The van der Waals surface area contributed by atoms with Crippen molar-refractivity contribution >= 4 is 5.76 Å². The van der Waals surface area contributed by atoms with E-state index in [-0.39, 0.29) is 0 Å². The van der Waals surface area contributed by atoms with Gasteiger partial charge in [0.15, 0.2) is 0 Å². The minimum absolute atomic E-state index is 0.463. The number of allylic oxidation sites excluding steroid dienone is 1. The van der Waals surface area contributed by atoms with Crippen LogP contribution in [0.1, 0.15) is 91.5 Å². The number of methoxy groups -OCH3 is 1. The van der Waals surface area contributed by atoms with Gasteiger partial charge >= 0.3 is 0 Å². The Kier molecular flexibility index (Phi) is 12.0. The molecule has 0 spiro atoms. The van der Waals surface area contributed by atoms with Crippen molar-refractivity contribution in [3.05, 3.63) is 35.4 Å². The second-order valence-corrected chi connectivity index (χ2v) is 8.15. The third kappa shape index (κ3) is 8.86. The highest BCUT2D eigenvalue weighted by atomic mass is 16.5. The molecule has 0 atom stereocenters. The van der Waals surface area contributed by atoms with Crippen LogP contribution in [0.2, 0.25) is 0 Å². The molecule has 0 unspecified atom stereocenters. The summed E-state index contributed by atoms with van der Waals surface area (Å²) in [4.78, 5) is 0. The predicted octanol–water partition coefficient (Wildman–Crippen LogP) is 7.88. The maximum Gasteiger partial charge on any atom is 0.126 e. The van der Waals surface area contributed by atoms with E-state index in [1.165, 1.54) is 50.5 Å². The molecule has 0 amide bonds. The molecule has 0 aliphatic heterocycles. The lowest BCUT2D eigenvalue weighted by Crippen LogP contribution is -2.09. The normalized spacial score (nSPS) is 11.1. The maximum atomic E-state index is 6.38. The second kappa shape index (κ2) is 13.7. The summed E-state index contributed by atoms with van der Waals surface area (Å²) in [7, 11) is 1.72. The molecule has 1 rings (SSSR count). The maximum absolute atomic E-state index is 6.38. The molecule has 0 N–H and O–H groups in total. The van der Waals surface area contributed by atoms with Crippen LogP contribution in [-0.2, 0) is 4.74 Å². The zero-order valence-corrected chi connectivity index (χ0v) is 18.6. The first-order valence-electron chi connectivity index (χ1n) is 11.0. The molecule has 0 aromatic heterocycles. The van der Waals surface area contributed by atoms with Gasteiger partial charge in [0.05, 0.1) is 13.7 Å². The fourth-order valence-electron chi connectivity index (χ4n) is 3.70. The van der Waals surface area contributed by atoms with Gasteiger partial charge in [0, 0.05) is 5.56 Å². The van der Waals surface area contributed by atoms with Gasteiger partial charge in [0.25, 0.3) is 0 Å². The smallest absolute Gasteiger partial charge is 0.126 e. The van der Waals surface area contributed by atoms with Crippen LogP contribution in [-0.4, -0.2) is 13.7 Å². The van der Waals surface area contributed by atoms with Crippen LogP contribution in [0.3, 0.4) is 0 Å². The van der Waals surface area contributed by atoms with Crippen LogP contribution in [0, 0.1) is 11.8 Å². The van der Waals surface area contributed by atoms with Crippen LogP contribution in [0.25, 0.3) is 5.76 Å². The van der Waals surface area contributed by atoms with Gasteiger partial charge in [-0.15, -0.1) is 0 Å². The molecule has 0 saturated carbocycles. The molecule has 1 aromatic rings. The van der Waals surface area contributed by atoms with Gasteiger partial charge in [-0.2, -0.15) is 0 Å². The Morgan fingerprint density at radius 1 is 0.852 bits per heavy atom. The van der Waals surface area contributed by atoms with E-state index in [0.717, 1.165) is 30.1 Å². The summed E-state index contributed by atoms with van der Waals surface area (Å²) in [6.45, 7) is 12.1. The number of hydrogen-bond acceptors (Lipinski definition) is 2. The molecule has 2 heteroatoms. The van der Waals surface area contributed by atoms with Crippen molar-refractivity contribution in [1.82, 2.24) is 0 Å². The third-order valence-corrected chi connectivity index (χ3v) is 5.08. The van der Waals surface area contributed by atoms with Crippen LogP contribution in [0.5, 0.6) is 5.75 Å². The number of hydrogen-bond donors (Lipinski definition) is 0. The highest BCUT2D eigenvalue weighted by molar-refractivity contribution is 5.65. The Bertz CT molecular complexity index is 533. The lowest BCUT2D eigenvalue weighted by molar-refractivity contribution is 0.259. The number of unbranched alkanes of at least 4 members (excludes halogenated alkanes) is 7. The summed E-state index contributed by atoms with van der Waals surface area (Å²) in [5.41, 5.74) is 2.52. The topological polar surface area (TPSA) is 18.5 Å². The number of ether oxygens (including phenoxy) is 2. The summed E-state index contributed by atoms with van der Waals surface area (Å²) in [6.07, 6.45) is 10.6. The highest BCUT2D eigenvalue weighted by Gasteiger charge is 2.18. The molecule has 0 heterocycles. The van der Waals surface area contributed by atoms with E-state index in [2.05, 4.69) is 46.8 Å². The summed E-state index contributed by atoms with van der Waals surface area (Å²) in [5, 5.41) is 0. The Morgan fingerprint density at radius 3 is 2.00 bits per heavy atom. The van der Waals surface area contributed by atoms with Gasteiger partial charge in [0.2, 0.25) is 0 Å². The van der Waals surface area contributed by atoms with Crippen LogP contribution in [0.4, 0.5) is 0 Å². The summed E-state index contributed by atoms with van der Waals surface area (Å²) >= 11 is 0. The first-order chi connectivity index (χ1) is 13.0. The van der Waals surface area contributed by atoms with Crippen molar-refractivity contribution in [2.45, 2.75) is 86.0 Å². The Morgan fingerprint density at radius 2 is 1.44 bits per heavy atom. The molecule has 2 nitrogen and oxygen atoms in total. The van der Waals surface area contributed by atoms with E-state index in [9.17, 15) is 0 Å². The van der Waals surface area contributed by atoms with E-state index in [4.69, 9.17) is 9.47 Å². The van der Waals surface area contributed by atoms with E-state index in [0.29, 0.717) is 11.8 Å². The van der Waals surface area contributed by atoms with Crippen molar-refractivity contribution in [2.75, 3.05) is 13.7 Å². The summed E-state index contributed by atoms with van der Waals surface area (Å²) in [5.74, 6) is 2.86. The quantitative estimate of drug-likeness (QED) is 0.243. The molecule has 154 valence electrons. The van der Waals surface area contributed by atoms with E-state index in [1.807, 2.05) is 12.1 Å². The molecular formula is C25H42O2. The molecule has 0 aliphatic rings. The average Bonchev–Trinajstić information content (AvgIpc) is 2.65. The Labute approximate surface area is 168 Å². The van der Waals surface area contributed by atoms with Gasteiger partial charge in [0.1, 0.15) is 11.5 Å². The fourth-order valence-corrected chi connectivity index (χ4v) is 3.70. The van der Waals surface area contributed by atoms with Gasteiger partial charge in [-0.25, -0.2) is 0 Å². The minimum Gasteiger partial charge on any atom is -0.497 e. The van der Waals surface area contributed by atoms with Crippen LogP contribution in [0.15, 0.2) is 29.8 Å². The second-order valence-electron chi connectivity index (χ2n) is 8.15. The van der Waals surface area contributed by atoms with Gasteiger partial charge < -0.3 is 9.47 Å². The molecule has 0 fully saturated rings. The standard InChI is InChI=1S/C25H42O2/c1-7-8-9-10-11-12-13-14-18-27-25(24(20(2)3)21(4)5)22-16-15-17-23(19-22)26-6/h15-17,19-21H,7-14,18H2,1-6H3. The SMILES string of the molecule is CCCCCCCCCCOC(=C(C(C)C)C(C)C)c1cccc(OC)c1. The van der Waals surface area contributed by atoms with Gasteiger partial charge in [-0.3, -0.25) is 0 Å². The number of benzene rings is 1. The largest absolute Gasteiger partial charge is 0.497 e. The molecular weight excluding hydrogens is 332 g/mol. The van der Waals surface area contributed by atoms with Gasteiger partial charge in [-0.05, 0) is 36.0 Å². The van der Waals surface area contributed by atoms with Crippen molar-refractivity contribution < 1.29 is 9.47 Å². The van der Waals surface area contributed by atoms with E-state index >= 15 is 0 Å². The molecule has 0 bridgehead atoms. The molecule has 1 aromatic carbocycles. The lowest BCUT2D eigenvalue weighted by Gasteiger charge is -2.23.